The van der Waals surface area contributed by atoms with Gasteiger partial charge in [0.25, 0.3) is 0 Å². The van der Waals surface area contributed by atoms with Crippen LogP contribution in [-0.4, -0.2) is 17.3 Å². The lowest BCUT2D eigenvalue weighted by atomic mass is 9.85. The van der Waals surface area contributed by atoms with Crippen LogP contribution in [0.3, 0.4) is 0 Å². The van der Waals surface area contributed by atoms with Gasteiger partial charge in [-0.05, 0) is 37.2 Å². The molecule has 1 saturated carbocycles. The van der Waals surface area contributed by atoms with E-state index in [0.717, 1.165) is 25.7 Å². The maximum Gasteiger partial charge on any atom is 0.135 e. The summed E-state index contributed by atoms with van der Waals surface area (Å²) in [5.74, 6) is 3.40. The number of carbonyl (C=O) groups excluding carboxylic acids is 1. The third-order valence-electron chi connectivity index (χ3n) is 2.73. The van der Waals surface area contributed by atoms with Crippen LogP contribution in [0.5, 0.6) is 0 Å². The Kier molecular flexibility index (Phi) is 5.52. The third kappa shape index (κ3) is 4.17. The first-order chi connectivity index (χ1) is 6.34. The second-order valence-corrected chi connectivity index (χ2v) is 5.14. The van der Waals surface area contributed by atoms with Crippen LogP contribution in [0.2, 0.25) is 0 Å². The smallest absolute Gasteiger partial charge is 0.135 e. The molecule has 0 N–H and O–H groups in total. The van der Waals surface area contributed by atoms with Crippen LogP contribution in [0.4, 0.5) is 0 Å². The van der Waals surface area contributed by atoms with E-state index in [0.29, 0.717) is 11.7 Å². The Balaban J connectivity index is 2.08. The average molecular weight is 200 g/mol. The van der Waals surface area contributed by atoms with Crippen molar-refractivity contribution in [3.8, 4) is 0 Å². The minimum atomic E-state index is 0.422. The first kappa shape index (κ1) is 11.1. The highest BCUT2D eigenvalue weighted by atomic mass is 32.2. The van der Waals surface area contributed by atoms with Crippen LogP contribution in [0.1, 0.15) is 45.4 Å². The summed E-state index contributed by atoms with van der Waals surface area (Å²) in [6.07, 6.45) is 6.80. The highest BCUT2D eigenvalue weighted by Crippen LogP contribution is 2.24. The van der Waals surface area contributed by atoms with Crippen LogP contribution in [0, 0.1) is 5.92 Å². The SMILES string of the molecule is CCSCCCC1CCCCC1=O. The van der Waals surface area contributed by atoms with E-state index in [4.69, 9.17) is 0 Å². The van der Waals surface area contributed by atoms with Crippen LogP contribution < -0.4 is 0 Å². The van der Waals surface area contributed by atoms with Crippen LogP contribution in [-0.2, 0) is 4.79 Å². The Labute approximate surface area is 85.7 Å². The topological polar surface area (TPSA) is 17.1 Å². The lowest BCUT2D eigenvalue weighted by Crippen LogP contribution is -2.18. The number of carbonyl (C=O) groups is 1. The first-order valence-electron chi connectivity index (χ1n) is 5.45. The first-order valence-corrected chi connectivity index (χ1v) is 6.60. The molecule has 0 saturated heterocycles. The van der Waals surface area contributed by atoms with E-state index in [1.165, 1.54) is 24.3 Å². The second-order valence-electron chi connectivity index (χ2n) is 3.75. The van der Waals surface area contributed by atoms with E-state index in [2.05, 4.69) is 6.92 Å². The molecule has 2 heteroatoms. The lowest BCUT2D eigenvalue weighted by Gasteiger charge is -2.19. The number of rotatable bonds is 5. The van der Waals surface area contributed by atoms with E-state index in [1.54, 1.807) is 0 Å². The molecule has 1 nitrogen and oxygen atoms in total. The summed E-state index contributed by atoms with van der Waals surface area (Å²) in [6, 6.07) is 0. The summed E-state index contributed by atoms with van der Waals surface area (Å²) >= 11 is 1.99. The molecule has 1 atom stereocenters. The summed E-state index contributed by atoms with van der Waals surface area (Å²) in [4.78, 5) is 11.5. The Morgan fingerprint density at radius 3 is 3.00 bits per heavy atom. The van der Waals surface area contributed by atoms with Crippen molar-refractivity contribution in [3.63, 3.8) is 0 Å². The van der Waals surface area contributed by atoms with Crippen molar-refractivity contribution in [2.75, 3.05) is 11.5 Å². The van der Waals surface area contributed by atoms with Gasteiger partial charge in [0, 0.05) is 12.3 Å². The quantitative estimate of drug-likeness (QED) is 0.634. The van der Waals surface area contributed by atoms with Gasteiger partial charge in [0.05, 0.1) is 0 Å². The molecule has 0 aliphatic heterocycles. The van der Waals surface area contributed by atoms with Gasteiger partial charge in [-0.1, -0.05) is 13.3 Å². The number of thioether (sulfide) groups is 1. The van der Waals surface area contributed by atoms with E-state index >= 15 is 0 Å². The maximum absolute atomic E-state index is 11.5. The van der Waals surface area contributed by atoms with Crippen molar-refractivity contribution in [2.45, 2.75) is 45.4 Å². The molecule has 0 radical (unpaired) electrons. The summed E-state index contributed by atoms with van der Waals surface area (Å²) in [5, 5.41) is 0. The molecule has 0 aromatic carbocycles. The number of Topliss-reactive ketones (excluding diaryl/α,β-unsaturated/α-hetero) is 1. The fraction of sp³-hybridized carbons (Fsp3) is 0.909. The van der Waals surface area contributed by atoms with Gasteiger partial charge < -0.3 is 0 Å². The van der Waals surface area contributed by atoms with E-state index in [9.17, 15) is 4.79 Å². The number of hydrogen-bond acceptors (Lipinski definition) is 2. The van der Waals surface area contributed by atoms with Crippen molar-refractivity contribution < 1.29 is 4.79 Å². The van der Waals surface area contributed by atoms with Crippen LogP contribution >= 0.6 is 11.8 Å². The fourth-order valence-corrected chi connectivity index (χ4v) is 2.60. The van der Waals surface area contributed by atoms with E-state index in [-0.39, 0.29) is 0 Å². The maximum atomic E-state index is 11.5. The molecule has 0 aromatic heterocycles. The number of hydrogen-bond donors (Lipinski definition) is 0. The average Bonchev–Trinajstić information content (AvgIpc) is 2.15. The highest BCUT2D eigenvalue weighted by Gasteiger charge is 2.20. The molecule has 76 valence electrons. The van der Waals surface area contributed by atoms with E-state index in [1.807, 2.05) is 11.8 Å². The second kappa shape index (κ2) is 6.47. The zero-order valence-corrected chi connectivity index (χ0v) is 9.37. The largest absolute Gasteiger partial charge is 0.299 e. The van der Waals surface area contributed by atoms with E-state index < -0.39 is 0 Å². The Morgan fingerprint density at radius 1 is 1.46 bits per heavy atom. The summed E-state index contributed by atoms with van der Waals surface area (Å²) in [7, 11) is 0. The minimum absolute atomic E-state index is 0.422. The van der Waals surface area contributed by atoms with Crippen molar-refractivity contribution in [3.05, 3.63) is 0 Å². The summed E-state index contributed by atoms with van der Waals surface area (Å²) in [6.45, 7) is 2.19. The third-order valence-corrected chi connectivity index (χ3v) is 3.71. The molecular formula is C11H20OS. The molecule has 1 fully saturated rings. The Morgan fingerprint density at radius 2 is 2.31 bits per heavy atom. The predicted molar refractivity (Wildman–Crippen MR) is 59.2 cm³/mol. The van der Waals surface area contributed by atoms with Gasteiger partial charge in [-0.25, -0.2) is 0 Å². The number of ketones is 1. The zero-order valence-electron chi connectivity index (χ0n) is 8.55. The molecule has 1 aliphatic rings. The molecule has 1 aliphatic carbocycles. The molecule has 1 unspecified atom stereocenters. The standard InChI is InChI=1S/C11H20OS/c1-2-13-9-5-7-10-6-3-4-8-11(10)12/h10H,2-9H2,1H3. The molecular weight excluding hydrogens is 180 g/mol. The van der Waals surface area contributed by atoms with Crippen molar-refractivity contribution in [1.82, 2.24) is 0 Å². The lowest BCUT2D eigenvalue weighted by molar-refractivity contribution is -0.124. The zero-order chi connectivity index (χ0) is 9.52. The monoisotopic (exact) mass is 200 g/mol. The van der Waals surface area contributed by atoms with Gasteiger partial charge in [-0.2, -0.15) is 11.8 Å². The summed E-state index contributed by atoms with van der Waals surface area (Å²) < 4.78 is 0. The van der Waals surface area contributed by atoms with Gasteiger partial charge in [0.2, 0.25) is 0 Å². The fourth-order valence-electron chi connectivity index (χ4n) is 1.94. The molecule has 0 spiro atoms. The molecule has 13 heavy (non-hydrogen) atoms. The molecule has 1 rings (SSSR count). The van der Waals surface area contributed by atoms with Crippen molar-refractivity contribution >= 4 is 17.5 Å². The Bertz CT molecular complexity index is 156. The minimum Gasteiger partial charge on any atom is -0.299 e. The highest BCUT2D eigenvalue weighted by molar-refractivity contribution is 7.99. The van der Waals surface area contributed by atoms with Crippen molar-refractivity contribution in [2.24, 2.45) is 5.92 Å². The Hall–Kier alpha value is 0.0200. The van der Waals surface area contributed by atoms with Gasteiger partial charge >= 0.3 is 0 Å². The van der Waals surface area contributed by atoms with Crippen molar-refractivity contribution in [1.29, 1.82) is 0 Å². The van der Waals surface area contributed by atoms with Crippen LogP contribution in [0.25, 0.3) is 0 Å². The predicted octanol–water partition coefficient (Wildman–Crippen LogP) is 3.28. The van der Waals surface area contributed by atoms with Gasteiger partial charge in [-0.3, -0.25) is 4.79 Å². The molecule has 0 aromatic rings. The van der Waals surface area contributed by atoms with Gasteiger partial charge in [0.15, 0.2) is 0 Å². The van der Waals surface area contributed by atoms with Gasteiger partial charge in [0.1, 0.15) is 5.78 Å². The molecule has 0 heterocycles. The molecule has 0 amide bonds. The van der Waals surface area contributed by atoms with Gasteiger partial charge in [-0.15, -0.1) is 0 Å². The normalized spacial score (nSPS) is 23.5. The summed E-state index contributed by atoms with van der Waals surface area (Å²) in [5.41, 5.74) is 0. The van der Waals surface area contributed by atoms with Crippen LogP contribution in [0.15, 0.2) is 0 Å². The molecule has 0 bridgehead atoms.